The van der Waals surface area contributed by atoms with Gasteiger partial charge in [0.2, 0.25) is 0 Å². The summed E-state index contributed by atoms with van der Waals surface area (Å²) in [5.41, 5.74) is 3.23. The number of carbonyl (C=O) groups is 1. The molecule has 0 aliphatic rings. The van der Waals surface area contributed by atoms with Crippen LogP contribution in [0.1, 0.15) is 28.4 Å². The number of halogens is 1. The van der Waals surface area contributed by atoms with E-state index in [1.807, 2.05) is 13.0 Å². The van der Waals surface area contributed by atoms with Gasteiger partial charge in [-0.05, 0) is 43.2 Å². The van der Waals surface area contributed by atoms with Crippen LogP contribution in [-0.2, 0) is 0 Å². The lowest BCUT2D eigenvalue weighted by Gasteiger charge is -2.09. The first-order valence-corrected chi connectivity index (χ1v) is 6.76. The molecule has 21 heavy (non-hydrogen) atoms. The van der Waals surface area contributed by atoms with Gasteiger partial charge in [0.05, 0.1) is 16.3 Å². The second-order valence-corrected chi connectivity index (χ2v) is 5.03. The molecule has 1 amide bonds. The van der Waals surface area contributed by atoms with E-state index in [9.17, 15) is 4.79 Å². The number of carbonyl (C=O) groups excluding carboxylic acids is 1. The molecular formula is C16H15ClN2O2. The van der Waals surface area contributed by atoms with Crippen LogP contribution in [0.25, 0.3) is 0 Å². The van der Waals surface area contributed by atoms with Gasteiger partial charge in [-0.15, -0.1) is 0 Å². The number of anilines is 1. The Hall–Kier alpha value is -2.33. The SMILES string of the molecule is C/C(=N/O)c1ccc(NC(=O)c2cccc(C)c2Cl)cc1. The van der Waals surface area contributed by atoms with Crippen molar-refractivity contribution >= 4 is 28.9 Å². The summed E-state index contributed by atoms with van der Waals surface area (Å²) in [6, 6.07) is 12.3. The van der Waals surface area contributed by atoms with E-state index in [1.165, 1.54) is 0 Å². The monoisotopic (exact) mass is 302 g/mol. The van der Waals surface area contributed by atoms with E-state index in [-0.39, 0.29) is 5.91 Å². The Kier molecular flexibility index (Phi) is 4.60. The van der Waals surface area contributed by atoms with Gasteiger partial charge in [-0.25, -0.2) is 0 Å². The third kappa shape index (κ3) is 3.41. The van der Waals surface area contributed by atoms with Crippen molar-refractivity contribution in [2.75, 3.05) is 5.32 Å². The lowest BCUT2D eigenvalue weighted by Crippen LogP contribution is -2.12. The fourth-order valence-electron chi connectivity index (χ4n) is 1.87. The molecule has 0 spiro atoms. The van der Waals surface area contributed by atoms with Crippen LogP contribution >= 0.6 is 11.6 Å². The third-order valence-electron chi connectivity index (χ3n) is 3.15. The van der Waals surface area contributed by atoms with Crippen molar-refractivity contribution in [1.82, 2.24) is 0 Å². The molecule has 5 heteroatoms. The zero-order valence-corrected chi connectivity index (χ0v) is 12.5. The van der Waals surface area contributed by atoms with Crippen LogP contribution in [0.4, 0.5) is 5.69 Å². The highest BCUT2D eigenvalue weighted by atomic mass is 35.5. The molecule has 2 N–H and O–H groups in total. The number of aryl methyl sites for hydroxylation is 1. The van der Waals surface area contributed by atoms with E-state index >= 15 is 0 Å². The van der Waals surface area contributed by atoms with Gasteiger partial charge in [-0.1, -0.05) is 41.0 Å². The molecule has 0 saturated carbocycles. The minimum Gasteiger partial charge on any atom is -0.411 e. The third-order valence-corrected chi connectivity index (χ3v) is 3.65. The predicted octanol–water partition coefficient (Wildman–Crippen LogP) is 4.10. The van der Waals surface area contributed by atoms with Crippen LogP contribution < -0.4 is 5.32 Å². The van der Waals surface area contributed by atoms with Gasteiger partial charge in [-0.3, -0.25) is 4.79 Å². The van der Waals surface area contributed by atoms with Crippen LogP contribution in [0, 0.1) is 6.92 Å². The Bertz CT molecular complexity index is 694. The highest BCUT2D eigenvalue weighted by Crippen LogP contribution is 2.21. The van der Waals surface area contributed by atoms with Crippen molar-refractivity contribution in [3.8, 4) is 0 Å². The largest absolute Gasteiger partial charge is 0.411 e. The lowest BCUT2D eigenvalue weighted by molar-refractivity contribution is 0.102. The van der Waals surface area contributed by atoms with E-state index < -0.39 is 0 Å². The van der Waals surface area contributed by atoms with E-state index in [0.29, 0.717) is 22.0 Å². The fraction of sp³-hybridized carbons (Fsp3) is 0.125. The van der Waals surface area contributed by atoms with Gasteiger partial charge in [0.15, 0.2) is 0 Å². The highest BCUT2D eigenvalue weighted by molar-refractivity contribution is 6.35. The van der Waals surface area contributed by atoms with E-state index in [1.54, 1.807) is 43.3 Å². The smallest absolute Gasteiger partial charge is 0.257 e. The first kappa shape index (κ1) is 15.1. The Morgan fingerprint density at radius 3 is 2.48 bits per heavy atom. The molecule has 0 heterocycles. The van der Waals surface area contributed by atoms with Crippen molar-refractivity contribution in [3.05, 3.63) is 64.2 Å². The number of rotatable bonds is 3. The van der Waals surface area contributed by atoms with E-state index in [4.69, 9.17) is 16.8 Å². The normalized spacial score (nSPS) is 11.3. The molecule has 0 radical (unpaired) electrons. The van der Waals surface area contributed by atoms with Gasteiger partial charge in [0.1, 0.15) is 0 Å². The molecule has 108 valence electrons. The summed E-state index contributed by atoms with van der Waals surface area (Å²) in [6.45, 7) is 3.55. The number of nitrogens with zero attached hydrogens (tertiary/aromatic N) is 1. The summed E-state index contributed by atoms with van der Waals surface area (Å²) >= 11 is 6.14. The number of oxime groups is 1. The molecule has 0 aliphatic heterocycles. The first-order chi connectivity index (χ1) is 10.0. The topological polar surface area (TPSA) is 61.7 Å². The minimum atomic E-state index is -0.260. The Balaban J connectivity index is 2.18. The minimum absolute atomic E-state index is 0.260. The molecule has 0 saturated heterocycles. The van der Waals surface area contributed by atoms with Gasteiger partial charge < -0.3 is 10.5 Å². The zero-order chi connectivity index (χ0) is 15.4. The number of nitrogens with one attached hydrogen (secondary N) is 1. The Morgan fingerprint density at radius 2 is 1.86 bits per heavy atom. The molecule has 0 unspecified atom stereocenters. The van der Waals surface area contributed by atoms with E-state index in [0.717, 1.165) is 11.1 Å². The Morgan fingerprint density at radius 1 is 1.19 bits per heavy atom. The fourth-order valence-corrected chi connectivity index (χ4v) is 2.09. The van der Waals surface area contributed by atoms with Crippen molar-refractivity contribution < 1.29 is 10.0 Å². The zero-order valence-electron chi connectivity index (χ0n) is 11.7. The summed E-state index contributed by atoms with van der Waals surface area (Å²) < 4.78 is 0. The molecule has 4 nitrogen and oxygen atoms in total. The second-order valence-electron chi connectivity index (χ2n) is 4.65. The van der Waals surface area contributed by atoms with Crippen LogP contribution in [0.15, 0.2) is 47.6 Å². The van der Waals surface area contributed by atoms with Crippen LogP contribution in [0.3, 0.4) is 0 Å². The molecular weight excluding hydrogens is 288 g/mol. The lowest BCUT2D eigenvalue weighted by atomic mass is 10.1. The molecule has 0 fully saturated rings. The van der Waals surface area contributed by atoms with Gasteiger partial charge in [-0.2, -0.15) is 0 Å². The predicted molar refractivity (Wildman–Crippen MR) is 84.6 cm³/mol. The molecule has 2 aromatic carbocycles. The van der Waals surface area contributed by atoms with Crippen LogP contribution in [0.5, 0.6) is 0 Å². The number of hydrogen-bond acceptors (Lipinski definition) is 3. The summed E-state index contributed by atoms with van der Waals surface area (Å²) in [5, 5.41) is 15.1. The van der Waals surface area contributed by atoms with Crippen LogP contribution in [0.2, 0.25) is 5.02 Å². The van der Waals surface area contributed by atoms with Crippen molar-refractivity contribution in [3.63, 3.8) is 0 Å². The van der Waals surface area contributed by atoms with E-state index in [2.05, 4.69) is 10.5 Å². The molecule has 0 aromatic heterocycles. The van der Waals surface area contributed by atoms with Crippen molar-refractivity contribution in [2.24, 2.45) is 5.16 Å². The highest BCUT2D eigenvalue weighted by Gasteiger charge is 2.11. The van der Waals surface area contributed by atoms with Gasteiger partial charge in [0, 0.05) is 5.69 Å². The standard InChI is InChI=1S/C16H15ClN2O2/c1-10-4-3-5-14(15(10)17)16(20)18-13-8-6-12(7-9-13)11(2)19-21/h3-9,21H,1-2H3,(H,18,20)/b19-11-. The molecule has 0 aliphatic carbocycles. The number of benzene rings is 2. The summed E-state index contributed by atoms with van der Waals surface area (Å²) in [5.74, 6) is -0.260. The van der Waals surface area contributed by atoms with Crippen molar-refractivity contribution in [2.45, 2.75) is 13.8 Å². The summed E-state index contributed by atoms with van der Waals surface area (Å²) in [4.78, 5) is 12.2. The van der Waals surface area contributed by atoms with Gasteiger partial charge in [0.25, 0.3) is 5.91 Å². The molecule has 2 aromatic rings. The Labute approximate surface area is 128 Å². The summed E-state index contributed by atoms with van der Waals surface area (Å²) in [6.07, 6.45) is 0. The first-order valence-electron chi connectivity index (χ1n) is 6.38. The number of amides is 1. The van der Waals surface area contributed by atoms with Crippen molar-refractivity contribution in [1.29, 1.82) is 0 Å². The average molecular weight is 303 g/mol. The molecule has 2 rings (SSSR count). The average Bonchev–Trinajstić information content (AvgIpc) is 2.50. The van der Waals surface area contributed by atoms with Gasteiger partial charge >= 0.3 is 0 Å². The summed E-state index contributed by atoms with van der Waals surface area (Å²) in [7, 11) is 0. The number of hydrogen-bond donors (Lipinski definition) is 2. The maximum Gasteiger partial charge on any atom is 0.257 e. The maximum absolute atomic E-state index is 12.2. The quantitative estimate of drug-likeness (QED) is 0.509. The molecule has 0 atom stereocenters. The van der Waals surface area contributed by atoms with Crippen LogP contribution in [-0.4, -0.2) is 16.8 Å². The molecule has 0 bridgehead atoms. The maximum atomic E-state index is 12.2. The second kappa shape index (κ2) is 6.41.